The predicted molar refractivity (Wildman–Crippen MR) is 89.8 cm³/mol. The van der Waals surface area contributed by atoms with Gasteiger partial charge >= 0.3 is 0 Å². The third-order valence-corrected chi connectivity index (χ3v) is 5.31. The van der Waals surface area contributed by atoms with Crippen LogP contribution in [-0.2, 0) is 19.0 Å². The number of hydrogen-bond acceptors (Lipinski definition) is 11. The highest BCUT2D eigenvalue weighted by atomic mass is 79.9. The average Bonchev–Trinajstić information content (AvgIpc) is 2.67. The van der Waals surface area contributed by atoms with Crippen LogP contribution in [0, 0.1) is 0 Å². The number of ether oxygens (including phenoxy) is 3. The van der Waals surface area contributed by atoms with E-state index in [0.29, 0.717) is 0 Å². The Balaban J connectivity index is 2.11. The monoisotopic (exact) mass is 460 g/mol. The van der Waals surface area contributed by atoms with Crippen LogP contribution in [0.5, 0.6) is 0 Å². The first kappa shape index (κ1) is 23.0. The van der Waals surface area contributed by atoms with Gasteiger partial charge in [0.25, 0.3) is 0 Å². The molecule has 2 rings (SSSR count). The number of carbonyl (C=O) groups excluding carboxylic acids is 1. The molecule has 2 saturated heterocycles. The number of rotatable bonds is 7. The van der Waals surface area contributed by atoms with Crippen LogP contribution in [0.15, 0.2) is 0 Å². The molecule has 0 aromatic rings. The van der Waals surface area contributed by atoms with Gasteiger partial charge in [-0.25, -0.2) is 0 Å². The largest absolute Gasteiger partial charge is 0.394 e. The van der Waals surface area contributed by atoms with E-state index in [2.05, 4.69) is 15.9 Å². The number of alkyl halides is 1. The van der Waals surface area contributed by atoms with Crippen molar-refractivity contribution in [1.29, 1.82) is 0 Å². The van der Waals surface area contributed by atoms with Crippen LogP contribution in [0.4, 0.5) is 0 Å². The van der Waals surface area contributed by atoms with Gasteiger partial charge in [-0.3, -0.25) is 4.79 Å². The van der Waals surface area contributed by atoms with Gasteiger partial charge in [0.05, 0.1) is 24.6 Å². The highest BCUT2D eigenvalue weighted by molar-refractivity contribution is 9.09. The summed E-state index contributed by atoms with van der Waals surface area (Å²) >= 11 is 2.98. The standard InChI is InChI=1S/C15H25BrO11/c16-2-5(19)1-6-9(20)12(23)14(8(4-18)25-6)27-15-13(24)11(22)10(21)7(3-17)26-15/h6-15,17-18,20-24H,1-4H2/t6-,7?,8?,9?,10+,11-,12+,13?,14+,15+/m0/s1. The Morgan fingerprint density at radius 2 is 1.41 bits per heavy atom. The second-order valence-corrected chi connectivity index (χ2v) is 7.11. The Morgan fingerprint density at radius 1 is 0.815 bits per heavy atom. The van der Waals surface area contributed by atoms with E-state index in [1.54, 1.807) is 0 Å². The Kier molecular flexibility index (Phi) is 8.52. The summed E-state index contributed by atoms with van der Waals surface area (Å²) in [5.74, 6) is -0.281. The minimum absolute atomic E-state index is 0.0320. The first-order chi connectivity index (χ1) is 12.7. The predicted octanol–water partition coefficient (Wildman–Crippen LogP) is -3.99. The normalized spacial score (nSPS) is 45.6. The number of aliphatic hydroxyl groups excluding tert-OH is 7. The first-order valence-electron chi connectivity index (χ1n) is 8.41. The molecule has 0 aromatic heterocycles. The molecule has 0 saturated carbocycles. The summed E-state index contributed by atoms with van der Waals surface area (Å²) < 4.78 is 16.1. The van der Waals surface area contributed by atoms with Gasteiger partial charge < -0.3 is 50.0 Å². The van der Waals surface area contributed by atoms with Gasteiger partial charge in [0.15, 0.2) is 6.29 Å². The zero-order chi connectivity index (χ0) is 20.3. The second kappa shape index (κ2) is 9.98. The van der Waals surface area contributed by atoms with E-state index in [0.717, 1.165) is 0 Å². The van der Waals surface area contributed by atoms with Gasteiger partial charge in [-0.05, 0) is 0 Å². The van der Waals surface area contributed by atoms with Crippen molar-refractivity contribution in [2.45, 2.75) is 67.6 Å². The van der Waals surface area contributed by atoms with Crippen molar-refractivity contribution in [3.63, 3.8) is 0 Å². The smallest absolute Gasteiger partial charge is 0.187 e. The molecule has 2 fully saturated rings. The minimum Gasteiger partial charge on any atom is -0.394 e. The van der Waals surface area contributed by atoms with Gasteiger partial charge in [0, 0.05) is 6.42 Å². The summed E-state index contributed by atoms with van der Waals surface area (Å²) in [6.07, 6.45) is -14.7. The molecule has 0 bridgehead atoms. The minimum atomic E-state index is -1.72. The molecule has 2 heterocycles. The fourth-order valence-electron chi connectivity index (χ4n) is 3.11. The van der Waals surface area contributed by atoms with Crippen LogP contribution < -0.4 is 0 Å². The summed E-state index contributed by atoms with van der Waals surface area (Å²) in [6, 6.07) is 0. The summed E-state index contributed by atoms with van der Waals surface area (Å²) in [4.78, 5) is 11.6. The van der Waals surface area contributed by atoms with Gasteiger partial charge in [0.2, 0.25) is 0 Å². The highest BCUT2D eigenvalue weighted by Gasteiger charge is 2.50. The summed E-state index contributed by atoms with van der Waals surface area (Å²) in [6.45, 7) is -1.30. The van der Waals surface area contributed by atoms with Gasteiger partial charge in [-0.2, -0.15) is 0 Å². The van der Waals surface area contributed by atoms with Crippen molar-refractivity contribution < 1.29 is 54.8 Å². The van der Waals surface area contributed by atoms with Gasteiger partial charge in [-0.1, -0.05) is 15.9 Å². The zero-order valence-corrected chi connectivity index (χ0v) is 15.8. The third-order valence-electron chi connectivity index (χ3n) is 4.68. The lowest BCUT2D eigenvalue weighted by atomic mass is 9.92. The topological polar surface area (TPSA) is 186 Å². The van der Waals surface area contributed by atoms with Crippen molar-refractivity contribution in [3.05, 3.63) is 0 Å². The van der Waals surface area contributed by atoms with E-state index in [9.17, 15) is 40.5 Å². The summed E-state index contributed by atoms with van der Waals surface area (Å²) in [5, 5.41) is 69.0. The first-order valence-corrected chi connectivity index (χ1v) is 9.53. The summed E-state index contributed by atoms with van der Waals surface area (Å²) in [7, 11) is 0. The number of aliphatic hydroxyl groups is 7. The lowest BCUT2D eigenvalue weighted by molar-refractivity contribution is -0.341. The fraction of sp³-hybridized carbons (Fsp3) is 0.933. The van der Waals surface area contributed by atoms with Crippen LogP contribution in [0.25, 0.3) is 0 Å². The molecule has 2 aliphatic heterocycles. The van der Waals surface area contributed by atoms with Crippen molar-refractivity contribution in [2.24, 2.45) is 0 Å². The molecular formula is C15H25BrO11. The van der Waals surface area contributed by atoms with Crippen LogP contribution in [0.1, 0.15) is 6.42 Å². The Morgan fingerprint density at radius 3 is 1.96 bits per heavy atom. The van der Waals surface area contributed by atoms with Gasteiger partial charge in [-0.15, -0.1) is 0 Å². The van der Waals surface area contributed by atoms with E-state index in [4.69, 9.17) is 14.2 Å². The fourth-order valence-corrected chi connectivity index (χ4v) is 3.34. The maximum Gasteiger partial charge on any atom is 0.187 e. The Bertz CT molecular complexity index is 490. The molecule has 27 heavy (non-hydrogen) atoms. The molecule has 0 spiro atoms. The Labute approximate surface area is 163 Å². The van der Waals surface area contributed by atoms with Crippen LogP contribution in [-0.4, -0.2) is 121 Å². The molecular weight excluding hydrogens is 436 g/mol. The lowest BCUT2D eigenvalue weighted by Crippen LogP contribution is -2.64. The highest BCUT2D eigenvalue weighted by Crippen LogP contribution is 2.30. The van der Waals surface area contributed by atoms with Crippen molar-refractivity contribution in [1.82, 2.24) is 0 Å². The van der Waals surface area contributed by atoms with Crippen molar-refractivity contribution in [2.75, 3.05) is 18.5 Å². The lowest BCUT2D eigenvalue weighted by Gasteiger charge is -2.46. The summed E-state index contributed by atoms with van der Waals surface area (Å²) in [5.41, 5.74) is 0. The van der Waals surface area contributed by atoms with Gasteiger partial charge in [0.1, 0.15) is 54.6 Å². The molecule has 158 valence electrons. The molecule has 10 atom stereocenters. The number of ketones is 1. The van der Waals surface area contributed by atoms with Crippen LogP contribution in [0.2, 0.25) is 0 Å². The second-order valence-electron chi connectivity index (χ2n) is 6.55. The number of carbonyl (C=O) groups is 1. The molecule has 7 N–H and O–H groups in total. The molecule has 0 radical (unpaired) electrons. The van der Waals surface area contributed by atoms with Crippen molar-refractivity contribution >= 4 is 21.7 Å². The number of Topliss-reactive ketones (excluding diaryl/α,β-unsaturated/α-hetero) is 1. The van der Waals surface area contributed by atoms with E-state index in [1.807, 2.05) is 0 Å². The molecule has 0 aromatic carbocycles. The molecule has 4 unspecified atom stereocenters. The van der Waals surface area contributed by atoms with Crippen LogP contribution >= 0.6 is 15.9 Å². The molecule has 0 aliphatic carbocycles. The van der Waals surface area contributed by atoms with E-state index < -0.39 is 74.4 Å². The SMILES string of the molecule is O=C(CBr)C[C@@H]1OC(CO)[C@@H](O[C@H]2OC(CO)[C@@H](O)[C@H](O)C2O)[C@H](O)C1O. The molecule has 2 aliphatic rings. The number of hydrogen-bond donors (Lipinski definition) is 7. The molecule has 11 nitrogen and oxygen atoms in total. The van der Waals surface area contributed by atoms with Crippen molar-refractivity contribution in [3.8, 4) is 0 Å². The van der Waals surface area contributed by atoms with E-state index >= 15 is 0 Å². The maximum atomic E-state index is 11.6. The maximum absolute atomic E-state index is 11.6. The quantitative estimate of drug-likeness (QED) is 0.183. The average molecular weight is 461 g/mol. The number of halogens is 1. The third kappa shape index (κ3) is 5.03. The molecule has 0 amide bonds. The van der Waals surface area contributed by atoms with Crippen LogP contribution in [0.3, 0.4) is 0 Å². The van der Waals surface area contributed by atoms with E-state index in [-0.39, 0.29) is 17.5 Å². The Hall–Kier alpha value is -0.250. The zero-order valence-electron chi connectivity index (χ0n) is 14.2. The molecule has 12 heteroatoms. The van der Waals surface area contributed by atoms with E-state index in [1.165, 1.54) is 0 Å².